The van der Waals surface area contributed by atoms with Gasteiger partial charge in [0.05, 0.1) is 0 Å². The van der Waals surface area contributed by atoms with Gasteiger partial charge < -0.3 is 19.6 Å². The molecule has 2 fully saturated rings. The van der Waals surface area contributed by atoms with E-state index in [4.69, 9.17) is 4.52 Å². The van der Waals surface area contributed by atoms with Crippen LogP contribution in [0.4, 0.5) is 11.4 Å². The molecule has 0 bridgehead atoms. The molecule has 2 aromatic rings. The van der Waals surface area contributed by atoms with E-state index in [1.54, 1.807) is 6.07 Å². The number of carbonyl (C=O) groups is 1. The molecule has 4 rings (SSSR count). The summed E-state index contributed by atoms with van der Waals surface area (Å²) < 4.78 is 5.27. The Morgan fingerprint density at radius 3 is 2.65 bits per heavy atom. The van der Waals surface area contributed by atoms with Crippen molar-refractivity contribution in [3.8, 4) is 0 Å². The Morgan fingerprint density at radius 2 is 2.00 bits per heavy atom. The molecule has 2 aliphatic rings. The number of piperazine rings is 1. The Balaban J connectivity index is 1.41. The van der Waals surface area contributed by atoms with Crippen molar-refractivity contribution in [2.24, 2.45) is 0 Å². The number of aryl methyl sites for hydroxylation is 1. The van der Waals surface area contributed by atoms with Crippen molar-refractivity contribution in [2.75, 3.05) is 42.9 Å². The Kier molecular flexibility index (Phi) is 4.68. The Bertz CT molecular complexity index is 789. The summed E-state index contributed by atoms with van der Waals surface area (Å²) in [6.07, 6.45) is 2.26. The smallest absolute Gasteiger partial charge is 0.277 e. The number of hydrogen-bond donors (Lipinski definition) is 1. The van der Waals surface area contributed by atoms with E-state index >= 15 is 0 Å². The van der Waals surface area contributed by atoms with E-state index in [9.17, 15) is 4.79 Å². The highest BCUT2D eigenvalue weighted by Gasteiger charge is 2.29. The molecule has 6 nitrogen and oxygen atoms in total. The lowest BCUT2D eigenvalue weighted by Gasteiger charge is -2.35. The van der Waals surface area contributed by atoms with Crippen LogP contribution in [0.15, 0.2) is 28.8 Å². The van der Waals surface area contributed by atoms with Gasteiger partial charge in [0, 0.05) is 49.5 Å². The standard InChI is InChI=1S/C20H26N4O2/c1-3-23-8-10-24(11-9-23)16-6-7-17(14(2)12-16)21-20(25)18-13-19(26-22-18)15-4-5-15/h6-7,12-13,15H,3-5,8-11H2,1-2H3,(H,21,25). The van der Waals surface area contributed by atoms with Gasteiger partial charge in [-0.25, -0.2) is 0 Å². The fourth-order valence-corrected chi connectivity index (χ4v) is 3.45. The van der Waals surface area contributed by atoms with Crippen molar-refractivity contribution in [3.05, 3.63) is 41.3 Å². The minimum Gasteiger partial charge on any atom is -0.369 e. The topological polar surface area (TPSA) is 61.6 Å². The van der Waals surface area contributed by atoms with Gasteiger partial charge in [-0.1, -0.05) is 12.1 Å². The second-order valence-electron chi connectivity index (χ2n) is 7.26. The van der Waals surface area contributed by atoms with E-state index in [2.05, 4.69) is 39.3 Å². The molecule has 6 heteroatoms. The first-order valence-electron chi connectivity index (χ1n) is 9.50. The lowest BCUT2D eigenvalue weighted by Crippen LogP contribution is -2.46. The molecule has 1 saturated heterocycles. The van der Waals surface area contributed by atoms with Crippen molar-refractivity contribution in [1.82, 2.24) is 10.1 Å². The first kappa shape index (κ1) is 17.1. The van der Waals surface area contributed by atoms with Crippen LogP contribution in [0, 0.1) is 6.92 Å². The van der Waals surface area contributed by atoms with Gasteiger partial charge in [0.25, 0.3) is 5.91 Å². The van der Waals surface area contributed by atoms with Crippen LogP contribution in [0.25, 0.3) is 0 Å². The molecule has 1 aromatic carbocycles. The predicted octanol–water partition coefficient (Wildman–Crippen LogP) is 3.25. The number of benzene rings is 1. The molecular formula is C20H26N4O2. The van der Waals surface area contributed by atoms with E-state index in [-0.39, 0.29) is 5.91 Å². The average molecular weight is 354 g/mol. The minimum atomic E-state index is -0.215. The molecule has 26 heavy (non-hydrogen) atoms. The second-order valence-corrected chi connectivity index (χ2v) is 7.26. The normalized spacial score (nSPS) is 18.2. The quantitative estimate of drug-likeness (QED) is 0.893. The van der Waals surface area contributed by atoms with Gasteiger partial charge >= 0.3 is 0 Å². The number of amides is 1. The van der Waals surface area contributed by atoms with Gasteiger partial charge in [-0.05, 0) is 50.1 Å². The fourth-order valence-electron chi connectivity index (χ4n) is 3.45. The first-order chi connectivity index (χ1) is 12.6. The van der Waals surface area contributed by atoms with E-state index < -0.39 is 0 Å². The van der Waals surface area contributed by atoms with Crippen molar-refractivity contribution in [2.45, 2.75) is 32.6 Å². The van der Waals surface area contributed by atoms with Crippen LogP contribution in [0.5, 0.6) is 0 Å². The number of likely N-dealkylation sites (N-methyl/N-ethyl adjacent to an activating group) is 1. The zero-order valence-electron chi connectivity index (χ0n) is 15.5. The van der Waals surface area contributed by atoms with Gasteiger partial charge in [0.1, 0.15) is 5.76 Å². The molecule has 1 aromatic heterocycles. The fraction of sp³-hybridized carbons (Fsp3) is 0.500. The summed E-state index contributed by atoms with van der Waals surface area (Å²) in [5, 5.41) is 6.87. The average Bonchev–Trinajstić information content (AvgIpc) is 3.40. The minimum absolute atomic E-state index is 0.215. The molecule has 1 amide bonds. The molecule has 1 aliphatic heterocycles. The Labute approximate surface area is 154 Å². The van der Waals surface area contributed by atoms with Crippen LogP contribution >= 0.6 is 0 Å². The van der Waals surface area contributed by atoms with Crippen molar-refractivity contribution < 1.29 is 9.32 Å². The highest BCUT2D eigenvalue weighted by Crippen LogP contribution is 2.40. The number of hydrogen-bond acceptors (Lipinski definition) is 5. The molecule has 1 saturated carbocycles. The largest absolute Gasteiger partial charge is 0.369 e. The van der Waals surface area contributed by atoms with E-state index in [1.807, 2.05) is 13.0 Å². The lowest BCUT2D eigenvalue weighted by molar-refractivity contribution is 0.101. The molecule has 2 heterocycles. The van der Waals surface area contributed by atoms with Crippen molar-refractivity contribution >= 4 is 17.3 Å². The third kappa shape index (κ3) is 3.60. The summed E-state index contributed by atoms with van der Waals surface area (Å²) in [4.78, 5) is 17.3. The number of anilines is 2. The molecule has 0 radical (unpaired) electrons. The van der Waals surface area contributed by atoms with Gasteiger partial charge in [0.15, 0.2) is 5.69 Å². The van der Waals surface area contributed by atoms with E-state index in [0.717, 1.165) is 62.6 Å². The molecule has 0 atom stereocenters. The number of carbonyl (C=O) groups excluding carboxylic acids is 1. The van der Waals surface area contributed by atoms with Crippen LogP contribution < -0.4 is 10.2 Å². The maximum atomic E-state index is 12.4. The Hall–Kier alpha value is -2.34. The highest BCUT2D eigenvalue weighted by molar-refractivity contribution is 6.03. The van der Waals surface area contributed by atoms with Crippen LogP contribution in [-0.4, -0.2) is 48.7 Å². The highest BCUT2D eigenvalue weighted by atomic mass is 16.5. The van der Waals surface area contributed by atoms with Gasteiger partial charge in [-0.15, -0.1) is 0 Å². The Morgan fingerprint density at radius 1 is 1.23 bits per heavy atom. The summed E-state index contributed by atoms with van der Waals surface area (Å²) in [7, 11) is 0. The molecule has 0 unspecified atom stereocenters. The van der Waals surface area contributed by atoms with Gasteiger partial charge in [0.2, 0.25) is 0 Å². The molecule has 1 aliphatic carbocycles. The summed E-state index contributed by atoms with van der Waals surface area (Å²) in [5.74, 6) is 1.07. The van der Waals surface area contributed by atoms with Crippen LogP contribution in [0.2, 0.25) is 0 Å². The van der Waals surface area contributed by atoms with Crippen LogP contribution in [0.1, 0.15) is 47.5 Å². The lowest BCUT2D eigenvalue weighted by atomic mass is 10.1. The number of nitrogens with zero attached hydrogens (tertiary/aromatic N) is 3. The maximum absolute atomic E-state index is 12.4. The molecule has 1 N–H and O–H groups in total. The SMILES string of the molecule is CCN1CCN(c2ccc(NC(=O)c3cc(C4CC4)on3)c(C)c2)CC1. The third-order valence-corrected chi connectivity index (χ3v) is 5.38. The summed E-state index contributed by atoms with van der Waals surface area (Å²) in [6.45, 7) is 9.64. The van der Waals surface area contributed by atoms with Crippen molar-refractivity contribution in [3.63, 3.8) is 0 Å². The van der Waals surface area contributed by atoms with Gasteiger partial charge in [-0.3, -0.25) is 4.79 Å². The van der Waals surface area contributed by atoms with Gasteiger partial charge in [-0.2, -0.15) is 0 Å². The number of rotatable bonds is 5. The monoisotopic (exact) mass is 354 g/mol. The third-order valence-electron chi connectivity index (χ3n) is 5.38. The second kappa shape index (κ2) is 7.11. The first-order valence-corrected chi connectivity index (χ1v) is 9.50. The zero-order valence-corrected chi connectivity index (χ0v) is 15.5. The van der Waals surface area contributed by atoms with E-state index in [1.165, 1.54) is 5.69 Å². The predicted molar refractivity (Wildman–Crippen MR) is 102 cm³/mol. The van der Waals surface area contributed by atoms with Crippen LogP contribution in [-0.2, 0) is 0 Å². The van der Waals surface area contributed by atoms with Crippen molar-refractivity contribution in [1.29, 1.82) is 0 Å². The molecule has 0 spiro atoms. The summed E-state index contributed by atoms with van der Waals surface area (Å²) in [5.41, 5.74) is 3.45. The summed E-state index contributed by atoms with van der Waals surface area (Å²) >= 11 is 0. The zero-order chi connectivity index (χ0) is 18.1. The molecular weight excluding hydrogens is 328 g/mol. The van der Waals surface area contributed by atoms with Crippen LogP contribution in [0.3, 0.4) is 0 Å². The maximum Gasteiger partial charge on any atom is 0.277 e. The van der Waals surface area contributed by atoms with E-state index in [0.29, 0.717) is 11.6 Å². The number of nitrogens with one attached hydrogen (secondary N) is 1. The number of aromatic nitrogens is 1. The summed E-state index contributed by atoms with van der Waals surface area (Å²) in [6, 6.07) is 7.98. The molecule has 138 valence electrons.